The van der Waals surface area contributed by atoms with Gasteiger partial charge in [-0.3, -0.25) is 4.79 Å². The topological polar surface area (TPSA) is 78.2 Å². The van der Waals surface area contributed by atoms with Gasteiger partial charge in [-0.25, -0.2) is 8.42 Å². The van der Waals surface area contributed by atoms with Gasteiger partial charge in [-0.15, -0.1) is 0 Å². The van der Waals surface area contributed by atoms with Gasteiger partial charge in [-0.1, -0.05) is 26.0 Å². The van der Waals surface area contributed by atoms with Crippen molar-refractivity contribution in [2.24, 2.45) is 5.92 Å². The minimum absolute atomic E-state index is 0.0330. The van der Waals surface area contributed by atoms with Gasteiger partial charge < -0.3 is 0 Å². The first-order chi connectivity index (χ1) is 8.80. The lowest BCUT2D eigenvalue weighted by atomic mass is 10.0. The molecule has 0 aliphatic carbocycles. The van der Waals surface area contributed by atoms with E-state index in [1.165, 1.54) is 31.3 Å². The summed E-state index contributed by atoms with van der Waals surface area (Å²) in [5, 5.41) is 8.52. The van der Waals surface area contributed by atoms with E-state index in [1.807, 2.05) is 0 Å². The number of carbonyl (C=O) groups is 1. The van der Waals surface area contributed by atoms with E-state index in [-0.39, 0.29) is 23.1 Å². The SMILES string of the molecule is CC(C)C(=O)c1ccc(S(=O)(=O)N(C)CC#N)cc1. The zero-order valence-corrected chi connectivity index (χ0v) is 11.9. The lowest BCUT2D eigenvalue weighted by Gasteiger charge is -2.13. The third kappa shape index (κ3) is 3.40. The first-order valence-corrected chi connectivity index (χ1v) is 7.22. The first kappa shape index (κ1) is 15.3. The van der Waals surface area contributed by atoms with Crippen LogP contribution in [0.25, 0.3) is 0 Å². The Morgan fingerprint density at radius 2 is 1.84 bits per heavy atom. The van der Waals surface area contributed by atoms with Gasteiger partial charge in [0.1, 0.15) is 6.54 Å². The average molecular weight is 280 g/mol. The van der Waals surface area contributed by atoms with Crippen molar-refractivity contribution in [3.8, 4) is 6.07 Å². The van der Waals surface area contributed by atoms with Crippen LogP contribution in [0.15, 0.2) is 29.2 Å². The molecule has 19 heavy (non-hydrogen) atoms. The van der Waals surface area contributed by atoms with Crippen LogP contribution in [0.4, 0.5) is 0 Å². The number of hydrogen-bond donors (Lipinski definition) is 0. The minimum atomic E-state index is -3.66. The largest absolute Gasteiger partial charge is 0.294 e. The molecule has 0 aliphatic heterocycles. The van der Waals surface area contributed by atoms with Crippen molar-refractivity contribution in [3.63, 3.8) is 0 Å². The molecule has 0 saturated carbocycles. The second-order valence-electron chi connectivity index (χ2n) is 4.46. The Kier molecular flexibility index (Phi) is 4.81. The van der Waals surface area contributed by atoms with Crippen molar-refractivity contribution in [2.45, 2.75) is 18.7 Å². The van der Waals surface area contributed by atoms with Gasteiger partial charge >= 0.3 is 0 Å². The van der Waals surface area contributed by atoms with E-state index >= 15 is 0 Å². The highest BCUT2D eigenvalue weighted by molar-refractivity contribution is 7.89. The van der Waals surface area contributed by atoms with Crippen LogP contribution in [0, 0.1) is 17.2 Å². The molecule has 0 bridgehead atoms. The summed E-state index contributed by atoms with van der Waals surface area (Å²) in [6.07, 6.45) is 0. The van der Waals surface area contributed by atoms with Crippen LogP contribution in [0.1, 0.15) is 24.2 Å². The Morgan fingerprint density at radius 3 is 2.26 bits per heavy atom. The molecule has 0 saturated heterocycles. The fourth-order valence-corrected chi connectivity index (χ4v) is 2.56. The van der Waals surface area contributed by atoms with Gasteiger partial charge in [0.05, 0.1) is 11.0 Å². The van der Waals surface area contributed by atoms with Crippen LogP contribution in [0.2, 0.25) is 0 Å². The van der Waals surface area contributed by atoms with Crippen molar-refractivity contribution in [3.05, 3.63) is 29.8 Å². The highest BCUT2D eigenvalue weighted by atomic mass is 32.2. The summed E-state index contributed by atoms with van der Waals surface area (Å²) in [7, 11) is -2.33. The molecule has 0 radical (unpaired) electrons. The molecule has 0 spiro atoms. The van der Waals surface area contributed by atoms with Gasteiger partial charge in [-0.2, -0.15) is 9.57 Å². The first-order valence-electron chi connectivity index (χ1n) is 5.78. The molecule has 102 valence electrons. The van der Waals surface area contributed by atoms with Gasteiger partial charge in [0.15, 0.2) is 5.78 Å². The van der Waals surface area contributed by atoms with Gasteiger partial charge in [0.2, 0.25) is 10.0 Å². The summed E-state index contributed by atoms with van der Waals surface area (Å²) < 4.78 is 25.0. The second-order valence-corrected chi connectivity index (χ2v) is 6.51. The number of nitrogens with zero attached hydrogens (tertiary/aromatic N) is 2. The van der Waals surface area contributed by atoms with E-state index in [9.17, 15) is 13.2 Å². The number of sulfonamides is 1. The van der Waals surface area contributed by atoms with Crippen molar-refractivity contribution < 1.29 is 13.2 Å². The molecule has 0 N–H and O–H groups in total. The van der Waals surface area contributed by atoms with Gasteiger partial charge in [0.25, 0.3) is 0 Å². The summed E-state index contributed by atoms with van der Waals surface area (Å²) in [5.41, 5.74) is 0.483. The molecule has 0 heterocycles. The predicted octanol–water partition coefficient (Wildman–Crippen LogP) is 1.67. The van der Waals surface area contributed by atoms with Crippen molar-refractivity contribution in [1.82, 2.24) is 4.31 Å². The summed E-state index contributed by atoms with van der Waals surface area (Å²) in [5.74, 6) is -0.168. The molecule has 0 aliphatic rings. The maximum absolute atomic E-state index is 12.0. The maximum atomic E-state index is 12.0. The van der Waals surface area contributed by atoms with Crippen LogP contribution in [0.5, 0.6) is 0 Å². The van der Waals surface area contributed by atoms with Crippen LogP contribution in [-0.2, 0) is 10.0 Å². The monoisotopic (exact) mass is 280 g/mol. The molecule has 6 heteroatoms. The standard InChI is InChI=1S/C13H16N2O3S/c1-10(2)13(16)11-4-6-12(7-5-11)19(17,18)15(3)9-8-14/h4-7,10H,9H2,1-3H3. The van der Waals surface area contributed by atoms with Gasteiger partial charge in [-0.05, 0) is 12.1 Å². The maximum Gasteiger partial charge on any atom is 0.243 e. The van der Waals surface area contributed by atoms with E-state index in [1.54, 1.807) is 19.9 Å². The molecule has 1 aromatic carbocycles. The van der Waals surface area contributed by atoms with Crippen molar-refractivity contribution in [1.29, 1.82) is 5.26 Å². The number of benzene rings is 1. The number of ketones is 1. The third-order valence-electron chi connectivity index (χ3n) is 2.66. The quantitative estimate of drug-likeness (QED) is 0.607. The molecule has 0 atom stereocenters. The lowest BCUT2D eigenvalue weighted by Crippen LogP contribution is -2.27. The third-order valence-corrected chi connectivity index (χ3v) is 4.48. The van der Waals surface area contributed by atoms with E-state index < -0.39 is 10.0 Å². The Bertz CT molecular complexity index is 598. The molecular formula is C13H16N2O3S. The summed E-state index contributed by atoms with van der Waals surface area (Å²) in [6.45, 7) is 3.36. The van der Waals surface area contributed by atoms with E-state index in [0.29, 0.717) is 5.56 Å². The van der Waals surface area contributed by atoms with Crippen molar-refractivity contribution in [2.75, 3.05) is 13.6 Å². The Balaban J connectivity index is 3.06. The molecule has 5 nitrogen and oxygen atoms in total. The van der Waals surface area contributed by atoms with Crippen LogP contribution in [0.3, 0.4) is 0 Å². The summed E-state index contributed by atoms with van der Waals surface area (Å²) >= 11 is 0. The molecule has 0 fully saturated rings. The zero-order chi connectivity index (χ0) is 14.6. The number of rotatable bonds is 5. The smallest absolute Gasteiger partial charge is 0.243 e. The summed E-state index contributed by atoms with van der Waals surface area (Å²) in [4.78, 5) is 11.8. The van der Waals surface area contributed by atoms with Crippen molar-refractivity contribution >= 4 is 15.8 Å². The van der Waals surface area contributed by atoms with Crippen LogP contribution >= 0.6 is 0 Å². The molecule has 0 aromatic heterocycles. The Morgan fingerprint density at radius 1 is 1.32 bits per heavy atom. The second kappa shape index (κ2) is 5.95. The van der Waals surface area contributed by atoms with E-state index in [0.717, 1.165) is 4.31 Å². The fourth-order valence-electron chi connectivity index (χ4n) is 1.49. The number of hydrogen-bond acceptors (Lipinski definition) is 4. The summed E-state index contributed by atoms with van der Waals surface area (Å²) in [6, 6.07) is 7.55. The highest BCUT2D eigenvalue weighted by Gasteiger charge is 2.20. The molecule has 1 rings (SSSR count). The zero-order valence-electron chi connectivity index (χ0n) is 11.1. The average Bonchev–Trinajstić information content (AvgIpc) is 2.38. The normalized spacial score (nSPS) is 11.6. The predicted molar refractivity (Wildman–Crippen MR) is 71.0 cm³/mol. The number of nitriles is 1. The lowest BCUT2D eigenvalue weighted by molar-refractivity contribution is 0.0939. The van der Waals surface area contributed by atoms with Crippen LogP contribution in [-0.4, -0.2) is 32.1 Å². The Labute approximate surface area is 113 Å². The number of Topliss-reactive ketones (excluding diaryl/α,β-unsaturated/α-hetero) is 1. The molecule has 1 aromatic rings. The van der Waals surface area contributed by atoms with Crippen LogP contribution < -0.4 is 0 Å². The fraction of sp³-hybridized carbons (Fsp3) is 0.385. The van der Waals surface area contributed by atoms with E-state index in [2.05, 4.69) is 0 Å². The number of carbonyl (C=O) groups excluding carboxylic acids is 1. The minimum Gasteiger partial charge on any atom is -0.294 e. The van der Waals surface area contributed by atoms with E-state index in [4.69, 9.17) is 5.26 Å². The Hall–Kier alpha value is -1.71. The van der Waals surface area contributed by atoms with Gasteiger partial charge in [0, 0.05) is 18.5 Å². The highest BCUT2D eigenvalue weighted by Crippen LogP contribution is 2.16. The molecule has 0 unspecified atom stereocenters. The molecular weight excluding hydrogens is 264 g/mol. The molecule has 0 amide bonds.